The first-order valence-electron chi connectivity index (χ1n) is 8.03. The van der Waals surface area contributed by atoms with Gasteiger partial charge in [0, 0.05) is 30.6 Å². The average Bonchev–Trinajstić information content (AvgIpc) is 3.17. The predicted octanol–water partition coefficient (Wildman–Crippen LogP) is 3.15. The quantitative estimate of drug-likeness (QED) is 0.410. The Morgan fingerprint density at radius 1 is 1.32 bits per heavy atom. The van der Waals surface area contributed by atoms with E-state index >= 15 is 0 Å². The van der Waals surface area contributed by atoms with E-state index < -0.39 is 0 Å². The summed E-state index contributed by atoms with van der Waals surface area (Å²) >= 11 is 1.74. The van der Waals surface area contributed by atoms with Gasteiger partial charge in [-0.25, -0.2) is 0 Å². The van der Waals surface area contributed by atoms with Gasteiger partial charge < -0.3 is 15.5 Å². The standard InChI is InChI=1S/C18H22N4OS.HI/c1-13-8-9-24-16(13)11-20-18(19-2)21-14-10-17(23)22(12-14)15-6-4-3-5-7-15;/h3-9,14H,10-12H2,1-2H3,(H2,19,20,21);1H. The van der Waals surface area contributed by atoms with Crippen LogP contribution in [0.5, 0.6) is 0 Å². The number of nitrogens with zero attached hydrogens (tertiary/aromatic N) is 2. The Morgan fingerprint density at radius 2 is 2.08 bits per heavy atom. The van der Waals surface area contributed by atoms with E-state index in [1.54, 1.807) is 18.4 Å². The van der Waals surface area contributed by atoms with Crippen molar-refractivity contribution >= 4 is 52.9 Å². The van der Waals surface area contributed by atoms with Crippen molar-refractivity contribution in [2.24, 2.45) is 4.99 Å². The lowest BCUT2D eigenvalue weighted by Crippen LogP contribution is -2.44. The first-order valence-corrected chi connectivity index (χ1v) is 8.91. The number of hydrogen-bond acceptors (Lipinski definition) is 3. The molecule has 2 N–H and O–H groups in total. The molecule has 134 valence electrons. The van der Waals surface area contributed by atoms with E-state index in [4.69, 9.17) is 0 Å². The van der Waals surface area contributed by atoms with Crippen molar-refractivity contribution in [1.29, 1.82) is 0 Å². The van der Waals surface area contributed by atoms with Crippen molar-refractivity contribution in [3.63, 3.8) is 0 Å². The van der Waals surface area contributed by atoms with Crippen LogP contribution in [0.25, 0.3) is 0 Å². The Bertz CT molecular complexity index is 732. The van der Waals surface area contributed by atoms with Gasteiger partial charge in [0.15, 0.2) is 5.96 Å². The average molecular weight is 470 g/mol. The number of para-hydroxylation sites is 1. The van der Waals surface area contributed by atoms with E-state index in [1.165, 1.54) is 10.4 Å². The minimum absolute atomic E-state index is 0. The highest BCUT2D eigenvalue weighted by Gasteiger charge is 2.31. The summed E-state index contributed by atoms with van der Waals surface area (Å²) in [6.45, 7) is 3.50. The minimum atomic E-state index is 0. The summed E-state index contributed by atoms with van der Waals surface area (Å²) in [5.41, 5.74) is 2.23. The van der Waals surface area contributed by atoms with E-state index in [2.05, 4.69) is 34.0 Å². The van der Waals surface area contributed by atoms with Crippen LogP contribution in [0.15, 0.2) is 46.8 Å². The number of nitrogens with one attached hydrogen (secondary N) is 2. The predicted molar refractivity (Wildman–Crippen MR) is 115 cm³/mol. The fourth-order valence-electron chi connectivity index (χ4n) is 2.80. The summed E-state index contributed by atoms with van der Waals surface area (Å²) in [7, 11) is 1.75. The molecule has 0 saturated carbocycles. The molecule has 1 aliphatic rings. The summed E-state index contributed by atoms with van der Waals surface area (Å²) in [6.07, 6.45) is 0.480. The second-order valence-corrected chi connectivity index (χ2v) is 6.84. The van der Waals surface area contributed by atoms with Crippen molar-refractivity contribution in [2.45, 2.75) is 25.9 Å². The fraction of sp³-hybridized carbons (Fsp3) is 0.333. The van der Waals surface area contributed by atoms with Crippen LogP contribution < -0.4 is 15.5 Å². The Labute approximate surface area is 169 Å². The number of aliphatic imine (C=N–C) groups is 1. The molecule has 25 heavy (non-hydrogen) atoms. The molecule has 5 nitrogen and oxygen atoms in total. The Balaban J connectivity index is 0.00000225. The van der Waals surface area contributed by atoms with E-state index in [-0.39, 0.29) is 35.9 Å². The number of thiophene rings is 1. The van der Waals surface area contributed by atoms with Crippen molar-refractivity contribution in [1.82, 2.24) is 10.6 Å². The molecule has 1 aromatic carbocycles. The van der Waals surface area contributed by atoms with Crippen molar-refractivity contribution in [3.8, 4) is 0 Å². The van der Waals surface area contributed by atoms with Gasteiger partial charge in [-0.1, -0.05) is 18.2 Å². The van der Waals surface area contributed by atoms with Crippen LogP contribution in [0, 0.1) is 6.92 Å². The molecule has 1 saturated heterocycles. The number of halogens is 1. The zero-order valence-electron chi connectivity index (χ0n) is 14.4. The molecule has 7 heteroatoms. The molecule has 1 aliphatic heterocycles. The van der Waals surface area contributed by atoms with Crippen LogP contribution in [0.3, 0.4) is 0 Å². The highest BCUT2D eigenvalue weighted by atomic mass is 127. The van der Waals surface area contributed by atoms with Gasteiger partial charge in [-0.05, 0) is 36.1 Å². The number of aryl methyl sites for hydroxylation is 1. The molecule has 0 radical (unpaired) electrons. The number of carbonyl (C=O) groups is 1. The van der Waals surface area contributed by atoms with Gasteiger partial charge in [0.05, 0.1) is 12.6 Å². The number of hydrogen-bond donors (Lipinski definition) is 2. The summed E-state index contributed by atoms with van der Waals surface area (Å²) < 4.78 is 0. The molecule has 0 spiro atoms. The molecule has 0 bridgehead atoms. The van der Waals surface area contributed by atoms with Crippen molar-refractivity contribution in [3.05, 3.63) is 52.2 Å². The van der Waals surface area contributed by atoms with Gasteiger partial charge in [-0.15, -0.1) is 35.3 Å². The Morgan fingerprint density at radius 3 is 2.72 bits per heavy atom. The fourth-order valence-corrected chi connectivity index (χ4v) is 3.64. The molecule has 2 heterocycles. The van der Waals surface area contributed by atoms with E-state index in [0.29, 0.717) is 13.0 Å². The normalized spacial score (nSPS) is 17.4. The maximum absolute atomic E-state index is 12.3. The van der Waals surface area contributed by atoms with Gasteiger partial charge in [-0.3, -0.25) is 9.79 Å². The minimum Gasteiger partial charge on any atom is -0.352 e. The molecule has 3 rings (SSSR count). The number of anilines is 1. The zero-order chi connectivity index (χ0) is 16.9. The van der Waals surface area contributed by atoms with Crippen molar-refractivity contribution in [2.75, 3.05) is 18.5 Å². The molecule has 1 amide bonds. The highest BCUT2D eigenvalue weighted by Crippen LogP contribution is 2.21. The molecule has 1 fully saturated rings. The monoisotopic (exact) mass is 470 g/mol. The molecule has 0 aliphatic carbocycles. The lowest BCUT2D eigenvalue weighted by molar-refractivity contribution is -0.117. The van der Waals surface area contributed by atoms with E-state index in [1.807, 2.05) is 35.2 Å². The third-order valence-electron chi connectivity index (χ3n) is 4.14. The van der Waals surface area contributed by atoms with E-state index in [9.17, 15) is 4.79 Å². The van der Waals surface area contributed by atoms with Crippen LogP contribution in [0.2, 0.25) is 0 Å². The molecule has 1 atom stereocenters. The summed E-state index contributed by atoms with van der Waals surface area (Å²) in [4.78, 5) is 19.7. The summed E-state index contributed by atoms with van der Waals surface area (Å²) in [6, 6.07) is 12.0. The number of guanidine groups is 1. The van der Waals surface area contributed by atoms with Crippen LogP contribution in [0.1, 0.15) is 16.9 Å². The smallest absolute Gasteiger partial charge is 0.229 e. The lowest BCUT2D eigenvalue weighted by Gasteiger charge is -2.19. The summed E-state index contributed by atoms with van der Waals surface area (Å²) in [5.74, 6) is 0.874. The molecule has 1 unspecified atom stereocenters. The van der Waals surface area contributed by atoms with E-state index in [0.717, 1.165) is 18.2 Å². The highest BCUT2D eigenvalue weighted by molar-refractivity contribution is 14.0. The maximum Gasteiger partial charge on any atom is 0.229 e. The SMILES string of the molecule is CN=C(NCc1sccc1C)NC1CC(=O)N(c2ccccc2)C1.I. The van der Waals surface area contributed by atoms with Crippen LogP contribution in [-0.4, -0.2) is 31.5 Å². The maximum atomic E-state index is 12.3. The molecular weight excluding hydrogens is 447 g/mol. The van der Waals surface area contributed by atoms with Crippen LogP contribution in [-0.2, 0) is 11.3 Å². The molecule has 2 aromatic rings. The van der Waals surface area contributed by atoms with Gasteiger partial charge >= 0.3 is 0 Å². The zero-order valence-corrected chi connectivity index (χ0v) is 17.5. The number of benzene rings is 1. The third kappa shape index (κ3) is 4.94. The van der Waals surface area contributed by atoms with Gasteiger partial charge in [-0.2, -0.15) is 0 Å². The summed E-state index contributed by atoms with van der Waals surface area (Å²) in [5, 5.41) is 8.78. The first kappa shape index (κ1) is 19.7. The van der Waals surface area contributed by atoms with Gasteiger partial charge in [0.2, 0.25) is 5.91 Å². The number of rotatable bonds is 4. The van der Waals surface area contributed by atoms with Crippen LogP contribution in [0.4, 0.5) is 5.69 Å². The lowest BCUT2D eigenvalue weighted by atomic mass is 10.2. The molecule has 1 aromatic heterocycles. The largest absolute Gasteiger partial charge is 0.352 e. The second-order valence-electron chi connectivity index (χ2n) is 5.84. The topological polar surface area (TPSA) is 56.7 Å². The second kappa shape index (κ2) is 9.19. The Hall–Kier alpha value is -1.61. The van der Waals surface area contributed by atoms with Crippen LogP contribution >= 0.6 is 35.3 Å². The first-order chi connectivity index (χ1) is 11.7. The van der Waals surface area contributed by atoms with Crippen molar-refractivity contribution < 1.29 is 4.79 Å². The third-order valence-corrected chi connectivity index (χ3v) is 5.16. The number of amides is 1. The van der Waals surface area contributed by atoms with Gasteiger partial charge in [0.25, 0.3) is 0 Å². The van der Waals surface area contributed by atoms with Gasteiger partial charge in [0.1, 0.15) is 0 Å². The Kier molecular flexibility index (Phi) is 7.24. The molecular formula is C18H23IN4OS. The number of carbonyl (C=O) groups excluding carboxylic acids is 1.